The summed E-state index contributed by atoms with van der Waals surface area (Å²) in [5.74, 6) is 0.625. The van der Waals surface area contributed by atoms with E-state index >= 15 is 0 Å². The minimum Gasteiger partial charge on any atom is -0.394 e. The number of aliphatic hydroxyl groups is 1. The van der Waals surface area contributed by atoms with Gasteiger partial charge in [0, 0.05) is 11.9 Å². The van der Waals surface area contributed by atoms with Gasteiger partial charge in [-0.25, -0.2) is 9.97 Å². The zero-order chi connectivity index (χ0) is 10.2. The second-order valence-corrected chi connectivity index (χ2v) is 4.03. The van der Waals surface area contributed by atoms with Crippen molar-refractivity contribution in [3.63, 3.8) is 0 Å². The molecule has 1 fully saturated rings. The maximum atomic E-state index is 9.12. The molecule has 0 atom stereocenters. The molecule has 1 aliphatic rings. The third kappa shape index (κ3) is 1.70. The molecule has 0 saturated heterocycles. The zero-order valence-electron chi connectivity index (χ0n) is 8.54. The van der Waals surface area contributed by atoms with Crippen molar-refractivity contribution < 1.29 is 5.11 Å². The van der Waals surface area contributed by atoms with Crippen LogP contribution >= 0.6 is 0 Å². The van der Waals surface area contributed by atoms with E-state index in [-0.39, 0.29) is 12.1 Å². The van der Waals surface area contributed by atoms with E-state index in [2.05, 4.69) is 15.3 Å². The van der Waals surface area contributed by atoms with Gasteiger partial charge in [0.15, 0.2) is 0 Å². The Hall–Kier alpha value is -1.16. The van der Waals surface area contributed by atoms with Gasteiger partial charge >= 0.3 is 0 Å². The van der Waals surface area contributed by atoms with Crippen LogP contribution in [0.25, 0.3) is 0 Å². The van der Waals surface area contributed by atoms with Gasteiger partial charge in [-0.1, -0.05) is 0 Å². The van der Waals surface area contributed by atoms with Crippen molar-refractivity contribution in [2.24, 2.45) is 0 Å². The van der Waals surface area contributed by atoms with Crippen LogP contribution in [0.4, 0.5) is 5.95 Å². The van der Waals surface area contributed by atoms with Crippen molar-refractivity contribution in [1.82, 2.24) is 9.97 Å². The first kappa shape index (κ1) is 9.40. The SMILES string of the molecule is Cc1cnc(NC2(CO)CC2)nc1C. The summed E-state index contributed by atoms with van der Waals surface area (Å²) < 4.78 is 0. The fourth-order valence-corrected chi connectivity index (χ4v) is 1.30. The lowest BCUT2D eigenvalue weighted by atomic mass is 10.3. The molecule has 1 saturated carbocycles. The Morgan fingerprint density at radius 1 is 1.50 bits per heavy atom. The highest BCUT2D eigenvalue weighted by Gasteiger charge is 2.42. The Balaban J connectivity index is 2.14. The van der Waals surface area contributed by atoms with Gasteiger partial charge in [-0.3, -0.25) is 0 Å². The lowest BCUT2D eigenvalue weighted by Gasteiger charge is -2.14. The van der Waals surface area contributed by atoms with Crippen molar-refractivity contribution in [2.75, 3.05) is 11.9 Å². The number of hydrogen-bond donors (Lipinski definition) is 2. The number of rotatable bonds is 3. The topological polar surface area (TPSA) is 58.0 Å². The minimum absolute atomic E-state index is 0.137. The summed E-state index contributed by atoms with van der Waals surface area (Å²) in [6, 6.07) is 0. The Bertz CT molecular complexity index is 347. The summed E-state index contributed by atoms with van der Waals surface area (Å²) in [6.07, 6.45) is 3.80. The Kier molecular flexibility index (Phi) is 2.15. The number of aliphatic hydroxyl groups excluding tert-OH is 1. The zero-order valence-corrected chi connectivity index (χ0v) is 8.54. The molecule has 0 amide bonds. The van der Waals surface area contributed by atoms with Crippen LogP contribution in [0.3, 0.4) is 0 Å². The van der Waals surface area contributed by atoms with E-state index in [4.69, 9.17) is 5.11 Å². The van der Waals surface area contributed by atoms with E-state index < -0.39 is 0 Å². The van der Waals surface area contributed by atoms with Crippen LogP contribution in [0.5, 0.6) is 0 Å². The second-order valence-electron chi connectivity index (χ2n) is 4.03. The molecule has 0 radical (unpaired) electrons. The van der Waals surface area contributed by atoms with Crippen LogP contribution in [-0.2, 0) is 0 Å². The van der Waals surface area contributed by atoms with E-state index in [1.807, 2.05) is 13.8 Å². The van der Waals surface area contributed by atoms with Gasteiger partial charge < -0.3 is 10.4 Å². The highest BCUT2D eigenvalue weighted by atomic mass is 16.3. The number of nitrogens with zero attached hydrogens (tertiary/aromatic N) is 2. The number of anilines is 1. The first-order valence-electron chi connectivity index (χ1n) is 4.84. The van der Waals surface area contributed by atoms with E-state index in [9.17, 15) is 0 Å². The molecule has 76 valence electrons. The van der Waals surface area contributed by atoms with Crippen LogP contribution in [0.15, 0.2) is 6.20 Å². The molecule has 0 spiro atoms. The standard InChI is InChI=1S/C10H15N3O/c1-7-5-11-9(12-8(7)2)13-10(6-14)3-4-10/h5,14H,3-4,6H2,1-2H3,(H,11,12,13). The van der Waals surface area contributed by atoms with Gasteiger partial charge in [-0.05, 0) is 32.3 Å². The summed E-state index contributed by atoms with van der Waals surface area (Å²) in [5.41, 5.74) is 1.93. The fraction of sp³-hybridized carbons (Fsp3) is 0.600. The van der Waals surface area contributed by atoms with E-state index in [0.717, 1.165) is 24.1 Å². The van der Waals surface area contributed by atoms with Gasteiger partial charge in [-0.2, -0.15) is 0 Å². The molecule has 4 heteroatoms. The molecule has 1 heterocycles. The number of hydrogen-bond acceptors (Lipinski definition) is 4. The van der Waals surface area contributed by atoms with Gasteiger partial charge in [0.05, 0.1) is 12.1 Å². The highest BCUT2D eigenvalue weighted by molar-refractivity contribution is 5.35. The molecule has 0 aromatic carbocycles. The first-order valence-corrected chi connectivity index (χ1v) is 4.84. The van der Waals surface area contributed by atoms with E-state index in [1.54, 1.807) is 6.20 Å². The first-order chi connectivity index (χ1) is 6.65. The van der Waals surface area contributed by atoms with E-state index in [0.29, 0.717) is 5.95 Å². The Morgan fingerprint density at radius 3 is 2.71 bits per heavy atom. The lowest BCUT2D eigenvalue weighted by molar-refractivity contribution is 0.265. The number of nitrogens with one attached hydrogen (secondary N) is 1. The van der Waals surface area contributed by atoms with E-state index in [1.165, 1.54) is 0 Å². The van der Waals surface area contributed by atoms with Crippen molar-refractivity contribution in [1.29, 1.82) is 0 Å². The quantitative estimate of drug-likeness (QED) is 0.752. The number of aromatic nitrogens is 2. The molecule has 1 aromatic heterocycles. The van der Waals surface area contributed by atoms with Crippen LogP contribution in [0, 0.1) is 13.8 Å². The third-order valence-electron chi connectivity index (χ3n) is 2.76. The molecule has 0 bridgehead atoms. The maximum absolute atomic E-state index is 9.12. The normalized spacial score (nSPS) is 17.9. The molecule has 1 aliphatic carbocycles. The third-order valence-corrected chi connectivity index (χ3v) is 2.76. The van der Waals surface area contributed by atoms with Crippen LogP contribution < -0.4 is 5.32 Å². The summed E-state index contributed by atoms with van der Waals surface area (Å²) in [5, 5.41) is 12.3. The highest BCUT2D eigenvalue weighted by Crippen LogP contribution is 2.37. The summed E-state index contributed by atoms with van der Waals surface area (Å²) in [4.78, 5) is 8.49. The molecule has 4 nitrogen and oxygen atoms in total. The molecule has 0 unspecified atom stereocenters. The predicted molar refractivity (Wildman–Crippen MR) is 54.2 cm³/mol. The van der Waals surface area contributed by atoms with Crippen molar-refractivity contribution >= 4 is 5.95 Å². The molecule has 2 N–H and O–H groups in total. The van der Waals surface area contributed by atoms with Crippen molar-refractivity contribution in [3.8, 4) is 0 Å². The molecule has 2 rings (SSSR count). The Morgan fingerprint density at radius 2 is 2.21 bits per heavy atom. The van der Waals surface area contributed by atoms with Crippen LogP contribution in [0.1, 0.15) is 24.1 Å². The average Bonchev–Trinajstić information content (AvgIpc) is 2.93. The summed E-state index contributed by atoms with van der Waals surface area (Å²) >= 11 is 0. The van der Waals surface area contributed by atoms with Gasteiger partial charge in [0.2, 0.25) is 5.95 Å². The summed E-state index contributed by atoms with van der Waals surface area (Å²) in [7, 11) is 0. The second kappa shape index (κ2) is 3.20. The smallest absolute Gasteiger partial charge is 0.223 e. The molecule has 14 heavy (non-hydrogen) atoms. The fourth-order valence-electron chi connectivity index (χ4n) is 1.30. The Labute approximate surface area is 83.4 Å². The van der Waals surface area contributed by atoms with Crippen LogP contribution in [0.2, 0.25) is 0 Å². The largest absolute Gasteiger partial charge is 0.394 e. The average molecular weight is 193 g/mol. The van der Waals surface area contributed by atoms with Gasteiger partial charge in [-0.15, -0.1) is 0 Å². The molecular formula is C10H15N3O. The lowest BCUT2D eigenvalue weighted by Crippen LogP contribution is -2.26. The monoisotopic (exact) mass is 193 g/mol. The molecular weight excluding hydrogens is 178 g/mol. The van der Waals surface area contributed by atoms with Gasteiger partial charge in [0.1, 0.15) is 0 Å². The molecule has 0 aliphatic heterocycles. The predicted octanol–water partition coefficient (Wildman–Crippen LogP) is 1.03. The van der Waals surface area contributed by atoms with Crippen LogP contribution in [-0.4, -0.2) is 27.2 Å². The minimum atomic E-state index is -0.137. The van der Waals surface area contributed by atoms with Gasteiger partial charge in [0.25, 0.3) is 0 Å². The number of aryl methyl sites for hydroxylation is 2. The maximum Gasteiger partial charge on any atom is 0.223 e. The van der Waals surface area contributed by atoms with Crippen molar-refractivity contribution in [2.45, 2.75) is 32.2 Å². The van der Waals surface area contributed by atoms with Crippen molar-refractivity contribution in [3.05, 3.63) is 17.5 Å². The molecule has 1 aromatic rings. The summed E-state index contributed by atoms with van der Waals surface area (Å²) in [6.45, 7) is 4.10.